The Morgan fingerprint density at radius 1 is 1.58 bits per heavy atom. The van der Waals surface area contributed by atoms with E-state index in [1.807, 2.05) is 0 Å². The van der Waals surface area contributed by atoms with Gasteiger partial charge in [-0.3, -0.25) is 0 Å². The summed E-state index contributed by atoms with van der Waals surface area (Å²) in [6.45, 7) is 1.78. The lowest BCUT2D eigenvalue weighted by Crippen LogP contribution is -2.14. The van der Waals surface area contributed by atoms with Gasteiger partial charge in [0.1, 0.15) is 6.26 Å². The van der Waals surface area contributed by atoms with E-state index < -0.39 is 5.82 Å². The minimum absolute atomic E-state index is 0.121. The quantitative estimate of drug-likeness (QED) is 0.386. The van der Waals surface area contributed by atoms with Crippen molar-refractivity contribution in [3.05, 3.63) is 39.9 Å². The van der Waals surface area contributed by atoms with Crippen molar-refractivity contribution in [1.29, 1.82) is 0 Å². The molecule has 0 aliphatic rings. The summed E-state index contributed by atoms with van der Waals surface area (Å²) >= 11 is 4.13. The van der Waals surface area contributed by atoms with Crippen LogP contribution in [-0.2, 0) is 0 Å². The lowest BCUT2D eigenvalue weighted by atomic mass is 10.2. The third-order valence-electron chi connectivity index (χ3n) is 2.23. The zero-order valence-electron chi connectivity index (χ0n) is 9.72. The Morgan fingerprint density at radius 3 is 2.89 bits per heavy atom. The van der Waals surface area contributed by atoms with E-state index in [1.54, 1.807) is 13.0 Å². The highest BCUT2D eigenvalue weighted by Crippen LogP contribution is 2.34. The van der Waals surface area contributed by atoms with Gasteiger partial charge < -0.3 is 15.4 Å². The number of benzene rings is 1. The zero-order valence-corrected chi connectivity index (χ0v) is 12.1. The van der Waals surface area contributed by atoms with Gasteiger partial charge >= 0.3 is 0 Å². The van der Waals surface area contributed by atoms with Gasteiger partial charge in [-0.15, -0.1) is 0 Å². The molecule has 0 fully saturated rings. The summed E-state index contributed by atoms with van der Waals surface area (Å²) in [5.74, 6) is -0.695. The molecule has 0 aliphatic heterocycles. The molecule has 0 amide bonds. The maximum absolute atomic E-state index is 14.1. The molecule has 0 saturated carbocycles. The maximum Gasteiger partial charge on any atom is 0.260 e. The first kappa shape index (κ1) is 13.9. The molecule has 0 atom stereocenters. The minimum atomic E-state index is -0.523. The summed E-state index contributed by atoms with van der Waals surface area (Å²) in [6, 6.07) is 3.05. The Labute approximate surface area is 120 Å². The highest BCUT2D eigenvalue weighted by molar-refractivity contribution is 9.10. The van der Waals surface area contributed by atoms with Crippen LogP contribution in [0.5, 0.6) is 0 Å². The summed E-state index contributed by atoms with van der Waals surface area (Å²) < 4.78 is 19.4. The van der Waals surface area contributed by atoms with Crippen molar-refractivity contribution in [3.8, 4) is 0 Å². The topological polar surface area (TPSA) is 84.6 Å². The molecule has 0 bridgehead atoms. The van der Waals surface area contributed by atoms with Crippen LogP contribution in [0.25, 0.3) is 0 Å². The van der Waals surface area contributed by atoms with Crippen molar-refractivity contribution >= 4 is 33.5 Å². The number of hydrogen-bond donors (Lipinski definition) is 2. The average molecular weight is 346 g/mol. The number of rotatable bonds is 3. The van der Waals surface area contributed by atoms with E-state index in [9.17, 15) is 4.39 Å². The molecule has 1 aromatic carbocycles. The number of amidine groups is 1. The number of hydrogen-bond acceptors (Lipinski definition) is 5. The van der Waals surface area contributed by atoms with Crippen LogP contribution >= 0.6 is 27.7 Å². The lowest BCUT2D eigenvalue weighted by Gasteiger charge is -2.06. The third kappa shape index (κ3) is 2.90. The molecule has 1 heterocycles. The summed E-state index contributed by atoms with van der Waals surface area (Å²) in [6.07, 6.45) is 1.49. The minimum Gasteiger partial charge on any atom is -0.439 e. The molecule has 1 aromatic heterocycles. The van der Waals surface area contributed by atoms with Gasteiger partial charge in [-0.05, 0) is 46.7 Å². The molecule has 100 valence electrons. The monoisotopic (exact) mass is 345 g/mol. The summed E-state index contributed by atoms with van der Waals surface area (Å²) in [4.78, 5) is 4.40. The second-order valence-electron chi connectivity index (χ2n) is 3.58. The zero-order chi connectivity index (χ0) is 14.0. The number of nitrogens with zero attached hydrogens (tertiary/aromatic N) is 2. The molecule has 0 spiro atoms. The Hall–Kier alpha value is -1.54. The Balaban J connectivity index is 2.36. The van der Waals surface area contributed by atoms with Gasteiger partial charge in [-0.2, -0.15) is 0 Å². The van der Waals surface area contributed by atoms with E-state index in [4.69, 9.17) is 15.4 Å². The SMILES string of the molecule is Cc1coc(Sc2ccc(/C(N)=N/O)c(Br)c2F)n1. The maximum atomic E-state index is 14.1. The largest absolute Gasteiger partial charge is 0.439 e. The van der Waals surface area contributed by atoms with Crippen molar-refractivity contribution < 1.29 is 14.0 Å². The molecule has 0 unspecified atom stereocenters. The average Bonchev–Trinajstić information content (AvgIpc) is 2.80. The van der Waals surface area contributed by atoms with E-state index in [2.05, 4.69) is 26.1 Å². The van der Waals surface area contributed by atoms with Gasteiger partial charge in [0.05, 0.1) is 15.1 Å². The molecule has 2 aromatic rings. The molecule has 3 N–H and O–H groups in total. The summed E-state index contributed by atoms with van der Waals surface area (Å²) in [5.41, 5.74) is 6.42. The summed E-state index contributed by atoms with van der Waals surface area (Å²) in [7, 11) is 0. The summed E-state index contributed by atoms with van der Waals surface area (Å²) in [5, 5.41) is 11.8. The van der Waals surface area contributed by atoms with Crippen LogP contribution < -0.4 is 5.73 Å². The number of oxazole rings is 1. The fourth-order valence-corrected chi connectivity index (χ4v) is 2.82. The van der Waals surface area contributed by atoms with Crippen molar-refractivity contribution in [2.75, 3.05) is 0 Å². The highest BCUT2D eigenvalue weighted by Gasteiger charge is 2.16. The van der Waals surface area contributed by atoms with Gasteiger partial charge in [0.15, 0.2) is 11.7 Å². The molecule has 8 heteroatoms. The van der Waals surface area contributed by atoms with Crippen molar-refractivity contribution in [3.63, 3.8) is 0 Å². The van der Waals surface area contributed by atoms with Gasteiger partial charge in [0.2, 0.25) is 0 Å². The van der Waals surface area contributed by atoms with Crippen molar-refractivity contribution in [2.24, 2.45) is 10.9 Å². The molecule has 0 radical (unpaired) electrons. The molecule has 5 nitrogen and oxygen atoms in total. The third-order valence-corrected chi connectivity index (χ3v) is 3.90. The fourth-order valence-electron chi connectivity index (χ4n) is 1.34. The smallest absolute Gasteiger partial charge is 0.260 e. The van der Waals surface area contributed by atoms with Crippen LogP contribution in [0.15, 0.2) is 42.6 Å². The Kier molecular flexibility index (Phi) is 4.11. The lowest BCUT2D eigenvalue weighted by molar-refractivity contribution is 0.318. The van der Waals surface area contributed by atoms with Gasteiger partial charge in [0, 0.05) is 5.56 Å². The van der Waals surface area contributed by atoms with E-state index in [0.717, 1.165) is 17.5 Å². The predicted molar refractivity (Wildman–Crippen MR) is 72.0 cm³/mol. The van der Waals surface area contributed by atoms with E-state index in [0.29, 0.717) is 10.1 Å². The second kappa shape index (κ2) is 5.62. The van der Waals surface area contributed by atoms with Crippen LogP contribution in [0, 0.1) is 12.7 Å². The van der Waals surface area contributed by atoms with Crippen LogP contribution in [0.2, 0.25) is 0 Å². The van der Waals surface area contributed by atoms with E-state index >= 15 is 0 Å². The fraction of sp³-hybridized carbons (Fsp3) is 0.0909. The van der Waals surface area contributed by atoms with Gasteiger partial charge in [0.25, 0.3) is 5.22 Å². The van der Waals surface area contributed by atoms with E-state index in [-0.39, 0.29) is 15.9 Å². The molecule has 2 rings (SSSR count). The van der Waals surface area contributed by atoms with Crippen molar-refractivity contribution in [2.45, 2.75) is 17.0 Å². The molecular formula is C11H9BrFN3O2S. The van der Waals surface area contributed by atoms with Crippen LogP contribution in [-0.4, -0.2) is 16.0 Å². The van der Waals surface area contributed by atoms with E-state index in [1.165, 1.54) is 12.3 Å². The number of oxime groups is 1. The highest BCUT2D eigenvalue weighted by atomic mass is 79.9. The standard InChI is InChI=1S/C11H9BrFN3O2S/c1-5-4-18-11(15-5)19-7-3-2-6(10(14)16-17)8(12)9(7)13/h2-4,17H,1H3,(H2,14,16). The van der Waals surface area contributed by atoms with Crippen LogP contribution in [0.3, 0.4) is 0 Å². The molecule has 0 saturated heterocycles. The number of nitrogens with two attached hydrogens (primary N) is 1. The Morgan fingerprint density at radius 2 is 2.32 bits per heavy atom. The normalized spacial score (nSPS) is 11.8. The molecule has 19 heavy (non-hydrogen) atoms. The Bertz CT molecular complexity index is 645. The molecular weight excluding hydrogens is 337 g/mol. The van der Waals surface area contributed by atoms with Gasteiger partial charge in [-0.1, -0.05) is 5.16 Å². The number of aryl methyl sites for hydroxylation is 1. The van der Waals surface area contributed by atoms with Crippen LogP contribution in [0.4, 0.5) is 4.39 Å². The van der Waals surface area contributed by atoms with Gasteiger partial charge in [-0.25, -0.2) is 9.37 Å². The first-order valence-corrected chi connectivity index (χ1v) is 6.69. The first-order chi connectivity index (χ1) is 9.02. The predicted octanol–water partition coefficient (Wildman–Crippen LogP) is 3.13. The number of aromatic nitrogens is 1. The van der Waals surface area contributed by atoms with Crippen molar-refractivity contribution in [1.82, 2.24) is 4.98 Å². The van der Waals surface area contributed by atoms with Crippen LogP contribution in [0.1, 0.15) is 11.3 Å². The first-order valence-electron chi connectivity index (χ1n) is 5.08. The molecule has 0 aliphatic carbocycles. The number of halogens is 2. The second-order valence-corrected chi connectivity index (χ2v) is 5.37.